The molecular formula is C10H14BrNO2S2. The van der Waals surface area contributed by atoms with E-state index in [-0.39, 0.29) is 0 Å². The van der Waals surface area contributed by atoms with Gasteiger partial charge in [0.15, 0.2) is 0 Å². The van der Waals surface area contributed by atoms with E-state index < -0.39 is 10.0 Å². The Bertz CT molecular complexity index is 437. The van der Waals surface area contributed by atoms with E-state index in [0.29, 0.717) is 21.5 Å². The molecule has 1 saturated carbocycles. The molecule has 0 N–H and O–H groups in total. The van der Waals surface area contributed by atoms with Crippen LogP contribution in [-0.4, -0.2) is 31.1 Å². The van der Waals surface area contributed by atoms with Crippen LogP contribution >= 0.6 is 27.3 Å². The number of halogens is 1. The third-order valence-corrected chi connectivity index (χ3v) is 6.80. The fourth-order valence-corrected chi connectivity index (χ4v) is 5.33. The van der Waals surface area contributed by atoms with Gasteiger partial charge >= 0.3 is 0 Å². The van der Waals surface area contributed by atoms with E-state index in [4.69, 9.17) is 0 Å². The molecule has 1 fully saturated rings. The van der Waals surface area contributed by atoms with E-state index in [1.165, 1.54) is 15.6 Å². The van der Waals surface area contributed by atoms with Crippen LogP contribution in [0.15, 0.2) is 21.7 Å². The molecule has 0 amide bonds. The van der Waals surface area contributed by atoms with E-state index in [0.717, 1.165) is 12.8 Å². The van der Waals surface area contributed by atoms with Crippen LogP contribution in [-0.2, 0) is 10.0 Å². The van der Waals surface area contributed by atoms with Crippen LogP contribution in [0.1, 0.15) is 12.8 Å². The van der Waals surface area contributed by atoms with Crippen molar-refractivity contribution in [2.24, 2.45) is 5.92 Å². The molecule has 0 atom stereocenters. The van der Waals surface area contributed by atoms with Crippen molar-refractivity contribution in [3.05, 3.63) is 17.5 Å². The van der Waals surface area contributed by atoms with Gasteiger partial charge < -0.3 is 0 Å². The molecule has 1 aromatic heterocycles. The van der Waals surface area contributed by atoms with E-state index in [2.05, 4.69) is 15.9 Å². The van der Waals surface area contributed by atoms with Crippen molar-refractivity contribution in [3.8, 4) is 0 Å². The summed E-state index contributed by atoms with van der Waals surface area (Å²) in [7, 11) is -1.58. The van der Waals surface area contributed by atoms with Crippen molar-refractivity contribution in [1.82, 2.24) is 4.31 Å². The average Bonchev–Trinajstić information content (AvgIpc) is 2.68. The van der Waals surface area contributed by atoms with Crippen LogP contribution in [0.25, 0.3) is 0 Å². The number of thiophene rings is 1. The van der Waals surface area contributed by atoms with Gasteiger partial charge in [0.25, 0.3) is 10.0 Å². The number of sulfonamides is 1. The molecule has 1 aromatic rings. The predicted octanol–water partition coefficient (Wildman–Crippen LogP) is 2.54. The standard InChI is InChI=1S/C10H14BrNO2S2/c1-12(7-8-5-9(11)6-8)16(13,14)10-3-2-4-15-10/h2-4,8-9H,5-7H2,1H3. The minimum atomic E-state index is -3.25. The highest BCUT2D eigenvalue weighted by Gasteiger charge is 2.31. The van der Waals surface area contributed by atoms with Crippen molar-refractivity contribution in [2.45, 2.75) is 21.9 Å². The quantitative estimate of drug-likeness (QED) is 0.798. The number of hydrogen-bond acceptors (Lipinski definition) is 3. The first kappa shape index (κ1) is 12.5. The van der Waals surface area contributed by atoms with Gasteiger partial charge in [-0.2, -0.15) is 4.31 Å². The Morgan fingerprint density at radius 2 is 2.25 bits per heavy atom. The van der Waals surface area contributed by atoms with Gasteiger partial charge in [-0.1, -0.05) is 22.0 Å². The Labute approximate surface area is 109 Å². The third kappa shape index (κ3) is 2.50. The first-order chi connectivity index (χ1) is 7.50. The normalized spacial score (nSPS) is 25.7. The van der Waals surface area contributed by atoms with Crippen molar-refractivity contribution < 1.29 is 8.42 Å². The Morgan fingerprint density at radius 3 is 2.75 bits per heavy atom. The maximum Gasteiger partial charge on any atom is 0.252 e. The lowest BCUT2D eigenvalue weighted by molar-refractivity contribution is 0.275. The Kier molecular flexibility index (Phi) is 3.73. The summed E-state index contributed by atoms with van der Waals surface area (Å²) >= 11 is 4.79. The van der Waals surface area contributed by atoms with Crippen molar-refractivity contribution in [2.75, 3.05) is 13.6 Å². The highest BCUT2D eigenvalue weighted by Crippen LogP contribution is 2.34. The summed E-state index contributed by atoms with van der Waals surface area (Å²) in [5.74, 6) is 0.504. The maximum atomic E-state index is 12.1. The summed E-state index contributed by atoms with van der Waals surface area (Å²) in [6.07, 6.45) is 2.15. The van der Waals surface area contributed by atoms with Gasteiger partial charge in [-0.3, -0.25) is 0 Å². The monoisotopic (exact) mass is 323 g/mol. The van der Waals surface area contributed by atoms with Crippen LogP contribution in [0, 0.1) is 5.92 Å². The summed E-state index contributed by atoms with van der Waals surface area (Å²) < 4.78 is 26.1. The van der Waals surface area contributed by atoms with Gasteiger partial charge in [0, 0.05) is 18.4 Å². The van der Waals surface area contributed by atoms with E-state index in [1.54, 1.807) is 24.6 Å². The van der Waals surface area contributed by atoms with Crippen molar-refractivity contribution in [3.63, 3.8) is 0 Å². The zero-order chi connectivity index (χ0) is 11.8. The van der Waals surface area contributed by atoms with E-state index in [9.17, 15) is 8.42 Å². The zero-order valence-corrected chi connectivity index (χ0v) is 12.2. The molecule has 1 aliphatic carbocycles. The summed E-state index contributed by atoms with van der Waals surface area (Å²) in [5, 5.41) is 1.79. The van der Waals surface area contributed by atoms with Gasteiger partial charge in [-0.25, -0.2) is 8.42 Å². The molecule has 0 aromatic carbocycles. The predicted molar refractivity (Wildman–Crippen MR) is 69.6 cm³/mol. The molecule has 2 rings (SSSR count). The fraction of sp³-hybridized carbons (Fsp3) is 0.600. The SMILES string of the molecule is CN(CC1CC(Br)C1)S(=O)(=O)c1cccs1. The summed E-state index contributed by atoms with van der Waals surface area (Å²) in [4.78, 5) is 0.579. The third-order valence-electron chi connectivity index (χ3n) is 2.85. The van der Waals surface area contributed by atoms with E-state index >= 15 is 0 Å². The highest BCUT2D eigenvalue weighted by molar-refractivity contribution is 9.09. The fourth-order valence-electron chi connectivity index (χ4n) is 1.83. The number of hydrogen-bond donors (Lipinski definition) is 0. The molecular weight excluding hydrogens is 310 g/mol. The lowest BCUT2D eigenvalue weighted by Gasteiger charge is -2.33. The molecule has 1 heterocycles. The van der Waals surface area contributed by atoms with Gasteiger partial charge in [0.1, 0.15) is 4.21 Å². The number of nitrogens with zero attached hydrogens (tertiary/aromatic N) is 1. The molecule has 0 saturated heterocycles. The molecule has 0 aliphatic heterocycles. The molecule has 90 valence electrons. The van der Waals surface area contributed by atoms with Gasteiger partial charge in [0.2, 0.25) is 0 Å². The molecule has 0 radical (unpaired) electrons. The molecule has 6 heteroatoms. The Balaban J connectivity index is 2.01. The van der Waals surface area contributed by atoms with Gasteiger partial charge in [0.05, 0.1) is 0 Å². The van der Waals surface area contributed by atoms with Gasteiger partial charge in [-0.15, -0.1) is 11.3 Å². The second-order valence-electron chi connectivity index (χ2n) is 4.15. The highest BCUT2D eigenvalue weighted by atomic mass is 79.9. The molecule has 0 unspecified atom stereocenters. The summed E-state index contributed by atoms with van der Waals surface area (Å²) in [6.45, 7) is 0.627. The molecule has 0 spiro atoms. The summed E-state index contributed by atoms with van der Waals surface area (Å²) in [5.41, 5.74) is 0. The molecule has 3 nitrogen and oxygen atoms in total. The second kappa shape index (κ2) is 4.76. The smallest absolute Gasteiger partial charge is 0.206 e. The van der Waals surface area contributed by atoms with Crippen LogP contribution < -0.4 is 0 Å². The minimum absolute atomic E-state index is 0.435. The second-order valence-corrected chi connectivity index (χ2v) is 8.67. The van der Waals surface area contributed by atoms with Crippen molar-refractivity contribution in [1.29, 1.82) is 0 Å². The average molecular weight is 324 g/mol. The van der Waals surface area contributed by atoms with Crippen LogP contribution in [0.2, 0.25) is 0 Å². The van der Waals surface area contributed by atoms with Crippen LogP contribution in [0.3, 0.4) is 0 Å². The van der Waals surface area contributed by atoms with Gasteiger partial charge in [-0.05, 0) is 30.2 Å². The first-order valence-electron chi connectivity index (χ1n) is 5.14. The maximum absolute atomic E-state index is 12.1. The van der Waals surface area contributed by atoms with Crippen molar-refractivity contribution >= 4 is 37.3 Å². The largest absolute Gasteiger partial charge is 0.252 e. The zero-order valence-electron chi connectivity index (χ0n) is 8.97. The molecule has 1 aliphatic rings. The van der Waals surface area contributed by atoms with E-state index in [1.807, 2.05) is 0 Å². The lowest BCUT2D eigenvalue weighted by atomic mass is 9.85. The Hall–Kier alpha value is 0.0900. The number of alkyl halides is 1. The molecule has 16 heavy (non-hydrogen) atoms. The number of rotatable bonds is 4. The molecule has 0 bridgehead atoms. The minimum Gasteiger partial charge on any atom is -0.206 e. The summed E-state index contributed by atoms with van der Waals surface area (Å²) in [6, 6.07) is 3.42. The van der Waals surface area contributed by atoms with Crippen LogP contribution in [0.5, 0.6) is 0 Å². The van der Waals surface area contributed by atoms with Crippen LogP contribution in [0.4, 0.5) is 0 Å². The lowest BCUT2D eigenvalue weighted by Crippen LogP contribution is -2.37. The topological polar surface area (TPSA) is 37.4 Å². The Morgan fingerprint density at radius 1 is 1.56 bits per heavy atom. The first-order valence-corrected chi connectivity index (χ1v) is 8.37.